The maximum absolute atomic E-state index is 11.5. The maximum Gasteiger partial charge on any atom is 0.336 e. The van der Waals surface area contributed by atoms with Crippen molar-refractivity contribution in [1.82, 2.24) is 4.90 Å². The standard InChI is InChI=1S/C19H25NO4/c1-13-5-7-20(8-6-13)11-15(21)12-23-16-3-4-17-14(2)9-19(22)24-18(17)10-16/h3-4,9-10,13,15,21H,5-8,11-12H2,1-2H3/t15-/m0/s1. The largest absolute Gasteiger partial charge is 0.491 e. The van der Waals surface area contributed by atoms with Crippen molar-refractivity contribution in [2.45, 2.75) is 32.8 Å². The van der Waals surface area contributed by atoms with Gasteiger partial charge < -0.3 is 19.2 Å². The zero-order valence-electron chi connectivity index (χ0n) is 14.3. The first-order chi connectivity index (χ1) is 11.5. The number of hydrogen-bond donors (Lipinski definition) is 1. The summed E-state index contributed by atoms with van der Waals surface area (Å²) in [5, 5.41) is 11.1. The van der Waals surface area contributed by atoms with Gasteiger partial charge in [0.1, 0.15) is 24.0 Å². The molecule has 1 N–H and O–H groups in total. The van der Waals surface area contributed by atoms with E-state index in [1.165, 1.54) is 18.9 Å². The summed E-state index contributed by atoms with van der Waals surface area (Å²) in [6, 6.07) is 6.90. The topological polar surface area (TPSA) is 62.9 Å². The van der Waals surface area contributed by atoms with E-state index in [0.717, 1.165) is 30.0 Å². The number of aliphatic hydroxyl groups is 1. The van der Waals surface area contributed by atoms with Crippen molar-refractivity contribution in [3.05, 3.63) is 40.2 Å². The van der Waals surface area contributed by atoms with E-state index in [9.17, 15) is 9.90 Å². The Morgan fingerprint density at radius 3 is 2.83 bits per heavy atom. The molecular formula is C19H25NO4. The number of aryl methyl sites for hydroxylation is 1. The first kappa shape index (κ1) is 17.0. The molecule has 1 fully saturated rings. The summed E-state index contributed by atoms with van der Waals surface area (Å²) >= 11 is 0. The fourth-order valence-corrected chi connectivity index (χ4v) is 3.18. The van der Waals surface area contributed by atoms with Crippen molar-refractivity contribution in [2.75, 3.05) is 26.2 Å². The number of piperidine rings is 1. The molecule has 3 rings (SSSR count). The number of hydrogen-bond acceptors (Lipinski definition) is 5. The van der Waals surface area contributed by atoms with E-state index < -0.39 is 6.10 Å². The van der Waals surface area contributed by atoms with Crippen LogP contribution in [0, 0.1) is 12.8 Å². The van der Waals surface area contributed by atoms with Crippen molar-refractivity contribution in [1.29, 1.82) is 0 Å². The molecule has 0 saturated carbocycles. The molecule has 130 valence electrons. The summed E-state index contributed by atoms with van der Waals surface area (Å²) in [6.07, 6.45) is 1.85. The van der Waals surface area contributed by atoms with Crippen molar-refractivity contribution < 1.29 is 14.3 Å². The first-order valence-corrected chi connectivity index (χ1v) is 8.59. The summed E-state index contributed by atoms with van der Waals surface area (Å²) in [7, 11) is 0. The molecule has 5 nitrogen and oxygen atoms in total. The summed E-state index contributed by atoms with van der Waals surface area (Å²) < 4.78 is 10.9. The zero-order valence-corrected chi connectivity index (χ0v) is 14.3. The van der Waals surface area contributed by atoms with Crippen LogP contribution in [0.15, 0.2) is 33.5 Å². The van der Waals surface area contributed by atoms with E-state index in [1.807, 2.05) is 19.1 Å². The Labute approximate surface area is 141 Å². The first-order valence-electron chi connectivity index (χ1n) is 8.59. The summed E-state index contributed by atoms with van der Waals surface area (Å²) in [6.45, 7) is 7.10. The van der Waals surface area contributed by atoms with E-state index in [4.69, 9.17) is 9.15 Å². The number of ether oxygens (including phenoxy) is 1. The predicted octanol–water partition coefficient (Wildman–Crippen LogP) is 2.57. The molecule has 0 amide bonds. The minimum Gasteiger partial charge on any atom is -0.491 e. The third-order valence-electron chi connectivity index (χ3n) is 4.71. The second kappa shape index (κ2) is 7.36. The zero-order chi connectivity index (χ0) is 17.1. The van der Waals surface area contributed by atoms with Gasteiger partial charge in [-0.05, 0) is 56.5 Å². The molecule has 0 spiro atoms. The Balaban J connectivity index is 1.58. The number of aliphatic hydroxyl groups excluding tert-OH is 1. The molecule has 1 saturated heterocycles. The molecule has 5 heteroatoms. The van der Waals surface area contributed by atoms with Crippen LogP contribution in [-0.4, -0.2) is 42.4 Å². The van der Waals surface area contributed by atoms with Crippen LogP contribution in [0.3, 0.4) is 0 Å². The minimum absolute atomic E-state index is 0.230. The highest BCUT2D eigenvalue weighted by atomic mass is 16.5. The van der Waals surface area contributed by atoms with Gasteiger partial charge in [-0.2, -0.15) is 0 Å². The lowest BCUT2D eigenvalue weighted by Crippen LogP contribution is -2.40. The highest BCUT2D eigenvalue weighted by Gasteiger charge is 2.18. The molecule has 1 aromatic carbocycles. The SMILES string of the molecule is Cc1cc(=O)oc2cc(OC[C@@H](O)CN3CCC(C)CC3)ccc12. The van der Waals surface area contributed by atoms with Crippen molar-refractivity contribution >= 4 is 11.0 Å². The van der Waals surface area contributed by atoms with Crippen molar-refractivity contribution in [2.24, 2.45) is 5.92 Å². The van der Waals surface area contributed by atoms with Gasteiger partial charge in [0.15, 0.2) is 0 Å². The Kier molecular flexibility index (Phi) is 5.21. The average molecular weight is 331 g/mol. The van der Waals surface area contributed by atoms with Crippen LogP contribution in [0.4, 0.5) is 0 Å². The molecule has 24 heavy (non-hydrogen) atoms. The third-order valence-corrected chi connectivity index (χ3v) is 4.71. The highest BCUT2D eigenvalue weighted by molar-refractivity contribution is 5.81. The Morgan fingerprint density at radius 2 is 2.08 bits per heavy atom. The highest BCUT2D eigenvalue weighted by Crippen LogP contribution is 2.22. The minimum atomic E-state index is -0.529. The molecule has 1 aliphatic heterocycles. The Hall–Kier alpha value is -1.85. The molecule has 0 unspecified atom stereocenters. The number of nitrogens with zero attached hydrogens (tertiary/aromatic N) is 1. The number of benzene rings is 1. The van der Waals surface area contributed by atoms with Gasteiger partial charge in [-0.25, -0.2) is 4.79 Å². The fraction of sp³-hybridized carbons (Fsp3) is 0.526. The maximum atomic E-state index is 11.5. The van der Waals surface area contributed by atoms with Gasteiger partial charge in [0.2, 0.25) is 0 Å². The van der Waals surface area contributed by atoms with E-state index in [-0.39, 0.29) is 12.2 Å². The molecule has 0 radical (unpaired) electrons. The second-order valence-electron chi connectivity index (χ2n) is 6.85. The normalized spacial score (nSPS) is 18.0. The quantitative estimate of drug-likeness (QED) is 0.853. The Bertz CT molecular complexity index is 747. The van der Waals surface area contributed by atoms with Gasteiger partial charge >= 0.3 is 5.63 Å². The summed E-state index contributed by atoms with van der Waals surface area (Å²) in [5.74, 6) is 1.38. The van der Waals surface area contributed by atoms with E-state index in [2.05, 4.69) is 11.8 Å². The van der Waals surface area contributed by atoms with Gasteiger partial charge in [0, 0.05) is 24.1 Å². The van der Waals surface area contributed by atoms with Crippen LogP contribution < -0.4 is 10.4 Å². The molecule has 0 bridgehead atoms. The van der Waals surface area contributed by atoms with Crippen LogP contribution in [0.25, 0.3) is 11.0 Å². The smallest absolute Gasteiger partial charge is 0.336 e. The van der Waals surface area contributed by atoms with E-state index in [1.54, 1.807) is 6.07 Å². The summed E-state index contributed by atoms with van der Waals surface area (Å²) in [5.41, 5.74) is 1.03. The van der Waals surface area contributed by atoms with E-state index >= 15 is 0 Å². The lowest BCUT2D eigenvalue weighted by atomic mass is 9.99. The van der Waals surface area contributed by atoms with Crippen LogP contribution in [-0.2, 0) is 0 Å². The number of β-amino-alcohol motifs (C(OH)–C–C–N with tert-alkyl or cyclic N) is 1. The van der Waals surface area contributed by atoms with Crippen molar-refractivity contribution in [3.8, 4) is 5.75 Å². The molecule has 1 atom stereocenters. The molecular weight excluding hydrogens is 306 g/mol. The molecule has 2 heterocycles. The van der Waals surface area contributed by atoms with Crippen LogP contribution in [0.1, 0.15) is 25.3 Å². The lowest BCUT2D eigenvalue weighted by molar-refractivity contribution is 0.0563. The average Bonchev–Trinajstić information content (AvgIpc) is 2.54. The van der Waals surface area contributed by atoms with Gasteiger partial charge in [-0.1, -0.05) is 6.92 Å². The van der Waals surface area contributed by atoms with Gasteiger partial charge in [-0.15, -0.1) is 0 Å². The van der Waals surface area contributed by atoms with Gasteiger partial charge in [-0.3, -0.25) is 0 Å². The van der Waals surface area contributed by atoms with Crippen LogP contribution in [0.5, 0.6) is 5.75 Å². The van der Waals surface area contributed by atoms with E-state index in [0.29, 0.717) is 17.9 Å². The molecule has 2 aromatic rings. The van der Waals surface area contributed by atoms with Crippen molar-refractivity contribution in [3.63, 3.8) is 0 Å². The van der Waals surface area contributed by atoms with Gasteiger partial charge in [0.25, 0.3) is 0 Å². The number of likely N-dealkylation sites (tertiary alicyclic amines) is 1. The summed E-state index contributed by atoms with van der Waals surface area (Å²) in [4.78, 5) is 13.8. The fourth-order valence-electron chi connectivity index (χ4n) is 3.18. The second-order valence-corrected chi connectivity index (χ2v) is 6.85. The number of rotatable bonds is 5. The van der Waals surface area contributed by atoms with Crippen LogP contribution in [0.2, 0.25) is 0 Å². The predicted molar refractivity (Wildman–Crippen MR) is 93.6 cm³/mol. The Morgan fingerprint density at radius 1 is 1.33 bits per heavy atom. The molecule has 0 aliphatic carbocycles. The third kappa shape index (κ3) is 4.16. The number of fused-ring (bicyclic) bond motifs is 1. The monoisotopic (exact) mass is 331 g/mol. The lowest BCUT2D eigenvalue weighted by Gasteiger charge is -2.31. The van der Waals surface area contributed by atoms with Crippen LogP contribution >= 0.6 is 0 Å². The van der Waals surface area contributed by atoms with Gasteiger partial charge in [0.05, 0.1) is 0 Å². The molecule has 1 aliphatic rings. The molecule has 1 aromatic heterocycles.